The highest BCUT2D eigenvalue weighted by Gasteiger charge is 2.14. The van der Waals surface area contributed by atoms with E-state index < -0.39 is 0 Å². The van der Waals surface area contributed by atoms with Gasteiger partial charge in [0.25, 0.3) is 5.95 Å². The fourth-order valence-corrected chi connectivity index (χ4v) is 3.79. The average Bonchev–Trinajstić information content (AvgIpc) is 3.17. The maximum Gasteiger partial charge on any atom is 0.289 e. The molecule has 0 saturated heterocycles. The van der Waals surface area contributed by atoms with Gasteiger partial charge in [0.15, 0.2) is 11.3 Å². The topological polar surface area (TPSA) is 115 Å². The summed E-state index contributed by atoms with van der Waals surface area (Å²) in [7, 11) is 0. The van der Waals surface area contributed by atoms with E-state index in [0.29, 0.717) is 16.9 Å². The van der Waals surface area contributed by atoms with Crippen LogP contribution in [-0.2, 0) is 0 Å². The molecule has 0 aliphatic carbocycles. The lowest BCUT2D eigenvalue weighted by Crippen LogP contribution is -1.86. The van der Waals surface area contributed by atoms with Crippen molar-refractivity contribution < 1.29 is 5.11 Å². The molecule has 3 heterocycles. The minimum atomic E-state index is -0.0697. The van der Waals surface area contributed by atoms with Gasteiger partial charge < -0.3 is 15.1 Å². The van der Waals surface area contributed by atoms with Crippen molar-refractivity contribution in [2.75, 3.05) is 0 Å². The summed E-state index contributed by atoms with van der Waals surface area (Å²) in [4.78, 5) is 10.5. The van der Waals surface area contributed by atoms with Crippen LogP contribution < -0.4 is 0 Å². The molecule has 0 radical (unpaired) electrons. The van der Waals surface area contributed by atoms with E-state index >= 15 is 0 Å². The van der Waals surface area contributed by atoms with Gasteiger partial charge in [0, 0.05) is 20.8 Å². The van der Waals surface area contributed by atoms with Gasteiger partial charge in [-0.15, -0.1) is 20.4 Å². The molecule has 3 N–H and O–H groups in total. The number of halogens is 1. The molecular formula is C18H12BrN7O. The molecule has 0 aliphatic rings. The molecule has 0 saturated carbocycles. The molecule has 0 fully saturated rings. The lowest BCUT2D eigenvalue weighted by Gasteiger charge is -1.97. The number of rotatable bonds is 2. The van der Waals surface area contributed by atoms with Crippen molar-refractivity contribution >= 4 is 60.5 Å². The highest BCUT2D eigenvalue weighted by molar-refractivity contribution is 9.10. The molecule has 0 spiro atoms. The van der Waals surface area contributed by atoms with Crippen LogP contribution in [0.2, 0.25) is 0 Å². The van der Waals surface area contributed by atoms with E-state index in [4.69, 9.17) is 0 Å². The Balaban J connectivity index is 1.60. The third kappa shape index (κ3) is 2.55. The van der Waals surface area contributed by atoms with Gasteiger partial charge in [0.2, 0.25) is 5.88 Å². The number of fused-ring (bicyclic) bond motifs is 4. The first kappa shape index (κ1) is 15.9. The molecule has 0 aliphatic heterocycles. The largest absolute Gasteiger partial charge is 0.493 e. The number of H-pyrrole nitrogens is 2. The van der Waals surface area contributed by atoms with Crippen molar-refractivity contribution in [1.82, 2.24) is 25.1 Å². The zero-order chi connectivity index (χ0) is 18.5. The van der Waals surface area contributed by atoms with Gasteiger partial charge in [-0.05, 0) is 46.6 Å². The van der Waals surface area contributed by atoms with Gasteiger partial charge in [-0.3, -0.25) is 0 Å². The maximum absolute atomic E-state index is 10.2. The number of hydrogen-bond donors (Lipinski definition) is 3. The predicted octanol–water partition coefficient (Wildman–Crippen LogP) is 5.18. The molecule has 132 valence electrons. The third-order valence-electron chi connectivity index (χ3n) is 4.31. The quantitative estimate of drug-likeness (QED) is 0.340. The molecule has 0 unspecified atom stereocenters. The van der Waals surface area contributed by atoms with Crippen LogP contribution in [0.4, 0.5) is 11.6 Å². The molecule has 5 aromatic rings. The lowest BCUT2D eigenvalue weighted by molar-refractivity contribution is 0.459. The summed E-state index contributed by atoms with van der Waals surface area (Å²) in [5.41, 5.74) is 4.30. The van der Waals surface area contributed by atoms with Crippen LogP contribution in [0.15, 0.2) is 51.1 Å². The van der Waals surface area contributed by atoms with E-state index in [9.17, 15) is 5.11 Å². The fraction of sp³-hybridized carbons (Fsp3) is 0.0556. The van der Waals surface area contributed by atoms with Gasteiger partial charge in [0.05, 0.1) is 5.52 Å². The Morgan fingerprint density at radius 2 is 1.89 bits per heavy atom. The van der Waals surface area contributed by atoms with Crippen LogP contribution in [0.1, 0.15) is 5.56 Å². The van der Waals surface area contributed by atoms with Crippen molar-refractivity contribution in [3.05, 3.63) is 46.4 Å². The Morgan fingerprint density at radius 1 is 1.04 bits per heavy atom. The van der Waals surface area contributed by atoms with Crippen molar-refractivity contribution in [1.29, 1.82) is 0 Å². The summed E-state index contributed by atoms with van der Waals surface area (Å²) in [5.74, 6) is 0.0363. The zero-order valence-electron chi connectivity index (χ0n) is 14.0. The summed E-state index contributed by atoms with van der Waals surface area (Å²) in [5, 5.41) is 28.4. The van der Waals surface area contributed by atoms with Gasteiger partial charge >= 0.3 is 0 Å². The van der Waals surface area contributed by atoms with E-state index in [0.717, 1.165) is 31.8 Å². The minimum Gasteiger partial charge on any atom is -0.493 e. The number of azo groups is 1. The van der Waals surface area contributed by atoms with Gasteiger partial charge in [-0.1, -0.05) is 18.2 Å². The monoisotopic (exact) mass is 421 g/mol. The Labute approximate surface area is 160 Å². The average molecular weight is 422 g/mol. The van der Waals surface area contributed by atoms with Crippen LogP contribution in [-0.4, -0.2) is 30.3 Å². The Morgan fingerprint density at radius 3 is 2.78 bits per heavy atom. The number of nitrogens with zero attached hydrogens (tertiary/aromatic N) is 5. The minimum absolute atomic E-state index is 0.0697. The van der Waals surface area contributed by atoms with E-state index in [1.165, 1.54) is 0 Å². The van der Waals surface area contributed by atoms with Crippen molar-refractivity contribution in [3.8, 4) is 5.88 Å². The smallest absolute Gasteiger partial charge is 0.289 e. The Bertz CT molecular complexity index is 1370. The van der Waals surface area contributed by atoms with Crippen molar-refractivity contribution in [2.45, 2.75) is 6.92 Å². The highest BCUT2D eigenvalue weighted by atomic mass is 79.9. The number of aryl methyl sites for hydroxylation is 1. The first-order chi connectivity index (χ1) is 13.1. The van der Waals surface area contributed by atoms with Crippen LogP contribution in [0, 0.1) is 6.92 Å². The first-order valence-corrected chi connectivity index (χ1v) is 8.93. The maximum atomic E-state index is 10.2. The van der Waals surface area contributed by atoms with Crippen LogP contribution in [0.25, 0.3) is 33.0 Å². The summed E-state index contributed by atoms with van der Waals surface area (Å²) in [6.07, 6.45) is 0. The number of aromatic nitrogens is 5. The van der Waals surface area contributed by atoms with E-state index in [1.54, 1.807) is 0 Å². The molecule has 2 aromatic carbocycles. The molecule has 9 heteroatoms. The second-order valence-electron chi connectivity index (χ2n) is 6.17. The van der Waals surface area contributed by atoms with Crippen molar-refractivity contribution in [2.24, 2.45) is 10.2 Å². The number of benzene rings is 2. The Hall–Kier alpha value is -3.33. The normalized spacial score (nSPS) is 12.1. The van der Waals surface area contributed by atoms with E-state index in [-0.39, 0.29) is 11.8 Å². The summed E-state index contributed by atoms with van der Waals surface area (Å²) >= 11 is 3.48. The molecular weight excluding hydrogens is 410 g/mol. The molecule has 27 heavy (non-hydrogen) atoms. The van der Waals surface area contributed by atoms with Gasteiger partial charge in [-0.25, -0.2) is 0 Å². The number of nitrogens with one attached hydrogen (secondary N) is 2. The van der Waals surface area contributed by atoms with Crippen LogP contribution in [0.5, 0.6) is 5.88 Å². The number of para-hydroxylation sites is 1. The molecule has 0 bridgehead atoms. The predicted molar refractivity (Wildman–Crippen MR) is 106 cm³/mol. The first-order valence-electron chi connectivity index (χ1n) is 8.14. The molecule has 8 nitrogen and oxygen atoms in total. The lowest BCUT2D eigenvalue weighted by atomic mass is 10.1. The second-order valence-corrected chi connectivity index (χ2v) is 7.03. The molecule has 3 aromatic heterocycles. The van der Waals surface area contributed by atoms with Crippen LogP contribution >= 0.6 is 15.9 Å². The summed E-state index contributed by atoms with van der Waals surface area (Å²) in [6, 6.07) is 11.6. The molecule has 0 amide bonds. The molecule has 5 rings (SSSR count). The van der Waals surface area contributed by atoms with Gasteiger partial charge in [0.1, 0.15) is 5.52 Å². The van der Waals surface area contributed by atoms with Crippen LogP contribution in [0.3, 0.4) is 0 Å². The SMILES string of the molecule is Cc1cc(Br)c2[nH]c(O)c(N=Nc3nnc4c(n3)[nH]c3ccccc34)c2c1. The molecule has 0 atom stereocenters. The second kappa shape index (κ2) is 5.85. The van der Waals surface area contributed by atoms with Gasteiger partial charge in [-0.2, -0.15) is 4.98 Å². The van der Waals surface area contributed by atoms with E-state index in [2.05, 4.69) is 51.3 Å². The Kier molecular flexibility index (Phi) is 3.44. The summed E-state index contributed by atoms with van der Waals surface area (Å²) in [6.45, 7) is 1.96. The zero-order valence-corrected chi connectivity index (χ0v) is 15.6. The number of aromatic amines is 2. The van der Waals surface area contributed by atoms with E-state index in [1.807, 2.05) is 43.3 Å². The number of aromatic hydroxyl groups is 1. The fourth-order valence-electron chi connectivity index (χ4n) is 3.11. The number of hydrogen-bond acceptors (Lipinski definition) is 6. The third-order valence-corrected chi connectivity index (χ3v) is 4.93. The highest BCUT2D eigenvalue weighted by Crippen LogP contribution is 2.39. The summed E-state index contributed by atoms with van der Waals surface area (Å²) < 4.78 is 0.840. The van der Waals surface area contributed by atoms with Crippen molar-refractivity contribution in [3.63, 3.8) is 0 Å². The standard InChI is InChI=1S/C18H12BrN7O/c1-8-6-10-13(11(19)7-8)21-17(27)15(10)24-26-18-22-16-14(23-25-18)9-4-2-3-5-12(9)20-16/h2-7,21,27H,1H3,(H,20,22,25).